The molecule has 6 nitrogen and oxygen atoms in total. The van der Waals surface area contributed by atoms with Gasteiger partial charge >= 0.3 is 6.03 Å². The van der Waals surface area contributed by atoms with E-state index < -0.39 is 0 Å². The van der Waals surface area contributed by atoms with Crippen molar-refractivity contribution in [1.82, 2.24) is 5.32 Å². The Morgan fingerprint density at radius 1 is 1.17 bits per heavy atom. The second kappa shape index (κ2) is 8.41. The van der Waals surface area contributed by atoms with Gasteiger partial charge in [0.1, 0.15) is 17.6 Å². The Labute approximate surface area is 134 Å². The van der Waals surface area contributed by atoms with E-state index in [1.165, 1.54) is 0 Å². The third kappa shape index (κ3) is 5.02. The average molecular weight is 311 g/mol. The molecule has 2 amide bonds. The number of aliphatic hydroxyl groups is 1. The molecule has 0 spiro atoms. The summed E-state index contributed by atoms with van der Waals surface area (Å²) in [6.07, 6.45) is 0.512. The Hall–Kier alpha value is -3.04. The lowest BCUT2D eigenvalue weighted by atomic mass is 10.2. The van der Waals surface area contributed by atoms with Crippen LogP contribution in [0.1, 0.15) is 12.0 Å². The van der Waals surface area contributed by atoms with Gasteiger partial charge in [-0.05, 0) is 42.8 Å². The number of ether oxygens (including phenoxy) is 1. The minimum Gasteiger partial charge on any atom is -0.456 e. The van der Waals surface area contributed by atoms with Crippen molar-refractivity contribution in [3.8, 4) is 17.6 Å². The molecule has 2 aromatic carbocycles. The number of hydrogen-bond acceptors (Lipinski definition) is 4. The van der Waals surface area contributed by atoms with Crippen LogP contribution in [0, 0.1) is 11.3 Å². The minimum atomic E-state index is -0.332. The summed E-state index contributed by atoms with van der Waals surface area (Å²) >= 11 is 0. The van der Waals surface area contributed by atoms with Crippen LogP contribution in [0.3, 0.4) is 0 Å². The van der Waals surface area contributed by atoms with Crippen molar-refractivity contribution in [1.29, 1.82) is 5.26 Å². The number of para-hydroxylation sites is 1. The maximum absolute atomic E-state index is 11.6. The Kier molecular flexibility index (Phi) is 5.98. The molecule has 0 bridgehead atoms. The molecule has 0 atom stereocenters. The lowest BCUT2D eigenvalue weighted by Gasteiger charge is -2.09. The monoisotopic (exact) mass is 311 g/mol. The SMILES string of the molecule is N#Cc1ccccc1Oc1ccc(NC(=O)NCCCO)cc1. The van der Waals surface area contributed by atoms with Crippen LogP contribution in [0.15, 0.2) is 48.5 Å². The number of hydrogen-bond donors (Lipinski definition) is 3. The molecular weight excluding hydrogens is 294 g/mol. The van der Waals surface area contributed by atoms with Crippen molar-refractivity contribution in [3.05, 3.63) is 54.1 Å². The van der Waals surface area contributed by atoms with Gasteiger partial charge in [0, 0.05) is 18.8 Å². The zero-order chi connectivity index (χ0) is 16.5. The van der Waals surface area contributed by atoms with Crippen molar-refractivity contribution < 1.29 is 14.6 Å². The number of rotatable bonds is 6. The van der Waals surface area contributed by atoms with E-state index in [4.69, 9.17) is 15.1 Å². The number of carbonyl (C=O) groups is 1. The number of anilines is 1. The number of benzene rings is 2. The number of amides is 2. The third-order valence-corrected chi connectivity index (χ3v) is 2.97. The first-order valence-electron chi connectivity index (χ1n) is 7.15. The summed E-state index contributed by atoms with van der Waals surface area (Å²) in [7, 11) is 0. The van der Waals surface area contributed by atoms with Crippen molar-refractivity contribution in [3.63, 3.8) is 0 Å². The van der Waals surface area contributed by atoms with Crippen molar-refractivity contribution in [2.24, 2.45) is 0 Å². The molecule has 118 valence electrons. The number of nitrogens with zero attached hydrogens (tertiary/aromatic N) is 1. The summed E-state index contributed by atoms with van der Waals surface area (Å²) in [5.41, 5.74) is 1.07. The highest BCUT2D eigenvalue weighted by atomic mass is 16.5. The van der Waals surface area contributed by atoms with Crippen molar-refractivity contribution in [2.45, 2.75) is 6.42 Å². The predicted molar refractivity (Wildman–Crippen MR) is 86.4 cm³/mol. The van der Waals surface area contributed by atoms with Gasteiger partial charge in [0.05, 0.1) is 5.56 Å². The number of nitriles is 1. The van der Waals surface area contributed by atoms with E-state index >= 15 is 0 Å². The lowest BCUT2D eigenvalue weighted by molar-refractivity contribution is 0.249. The molecule has 0 aliphatic carbocycles. The molecule has 0 radical (unpaired) electrons. The Morgan fingerprint density at radius 2 is 1.91 bits per heavy atom. The highest BCUT2D eigenvalue weighted by molar-refractivity contribution is 5.89. The fraction of sp³-hybridized carbons (Fsp3) is 0.176. The van der Waals surface area contributed by atoms with Gasteiger partial charge in [-0.1, -0.05) is 12.1 Å². The molecule has 3 N–H and O–H groups in total. The Bertz CT molecular complexity index is 693. The molecule has 2 aromatic rings. The number of carbonyl (C=O) groups excluding carboxylic acids is 1. The maximum atomic E-state index is 11.6. The van der Waals surface area contributed by atoms with Crippen LogP contribution < -0.4 is 15.4 Å². The Morgan fingerprint density at radius 3 is 2.61 bits per heavy atom. The van der Waals surface area contributed by atoms with Crippen LogP contribution in [0.5, 0.6) is 11.5 Å². The fourth-order valence-corrected chi connectivity index (χ4v) is 1.84. The van der Waals surface area contributed by atoms with Gasteiger partial charge in [0.15, 0.2) is 0 Å². The molecule has 0 fully saturated rings. The highest BCUT2D eigenvalue weighted by Crippen LogP contribution is 2.25. The van der Waals surface area contributed by atoms with Crippen LogP contribution in [-0.2, 0) is 0 Å². The normalized spacial score (nSPS) is 9.74. The van der Waals surface area contributed by atoms with Crippen molar-refractivity contribution in [2.75, 3.05) is 18.5 Å². The largest absolute Gasteiger partial charge is 0.456 e. The second-order valence-corrected chi connectivity index (χ2v) is 4.69. The van der Waals surface area contributed by atoms with Crippen molar-refractivity contribution >= 4 is 11.7 Å². The summed E-state index contributed by atoms with van der Waals surface area (Å²) < 4.78 is 5.66. The smallest absolute Gasteiger partial charge is 0.319 e. The van der Waals surface area contributed by atoms with Gasteiger partial charge in [0.25, 0.3) is 0 Å². The standard InChI is InChI=1S/C17H17N3O3/c18-12-13-4-1-2-5-16(13)23-15-8-6-14(7-9-15)20-17(22)19-10-3-11-21/h1-2,4-9,21H,3,10-11H2,(H2,19,20,22). The second-order valence-electron chi connectivity index (χ2n) is 4.69. The van der Waals surface area contributed by atoms with E-state index in [0.29, 0.717) is 35.7 Å². The molecule has 23 heavy (non-hydrogen) atoms. The molecule has 0 aliphatic rings. The molecule has 0 unspecified atom stereocenters. The van der Waals surface area contributed by atoms with Crippen LogP contribution >= 0.6 is 0 Å². The highest BCUT2D eigenvalue weighted by Gasteiger charge is 2.05. The van der Waals surface area contributed by atoms with Gasteiger partial charge < -0.3 is 20.5 Å². The number of urea groups is 1. The predicted octanol–water partition coefficient (Wildman–Crippen LogP) is 2.85. The minimum absolute atomic E-state index is 0.0382. The summed E-state index contributed by atoms with van der Waals surface area (Å²) in [5.74, 6) is 1.05. The van der Waals surface area contributed by atoms with E-state index in [1.54, 1.807) is 48.5 Å². The zero-order valence-electron chi connectivity index (χ0n) is 12.5. The Balaban J connectivity index is 1.94. The summed E-state index contributed by atoms with van der Waals surface area (Å²) in [4.78, 5) is 11.6. The quantitative estimate of drug-likeness (QED) is 0.715. The van der Waals surface area contributed by atoms with E-state index in [0.717, 1.165) is 0 Å². The van der Waals surface area contributed by atoms with Crippen LogP contribution in [-0.4, -0.2) is 24.3 Å². The maximum Gasteiger partial charge on any atom is 0.319 e. The van der Waals surface area contributed by atoms with Gasteiger partial charge in [0.2, 0.25) is 0 Å². The number of aliphatic hydroxyl groups excluding tert-OH is 1. The van der Waals surface area contributed by atoms with Gasteiger partial charge in [-0.15, -0.1) is 0 Å². The number of nitrogens with one attached hydrogen (secondary N) is 2. The molecule has 0 aliphatic heterocycles. The first kappa shape index (κ1) is 16.3. The van der Waals surface area contributed by atoms with Gasteiger partial charge in [-0.3, -0.25) is 0 Å². The first-order chi connectivity index (χ1) is 11.2. The lowest BCUT2D eigenvalue weighted by Crippen LogP contribution is -2.29. The van der Waals surface area contributed by atoms with Crippen LogP contribution in [0.25, 0.3) is 0 Å². The fourth-order valence-electron chi connectivity index (χ4n) is 1.84. The van der Waals surface area contributed by atoms with Gasteiger partial charge in [-0.2, -0.15) is 5.26 Å². The topological polar surface area (TPSA) is 94.4 Å². The summed E-state index contributed by atoms with van der Waals surface area (Å²) in [5, 5.41) is 23.0. The average Bonchev–Trinajstić information content (AvgIpc) is 2.57. The molecular formula is C17H17N3O3. The molecule has 0 heterocycles. The zero-order valence-corrected chi connectivity index (χ0v) is 12.5. The summed E-state index contributed by atoms with van der Waals surface area (Å²) in [6, 6.07) is 15.5. The van der Waals surface area contributed by atoms with Crippen LogP contribution in [0.2, 0.25) is 0 Å². The molecule has 0 saturated carbocycles. The van der Waals surface area contributed by atoms with Gasteiger partial charge in [-0.25, -0.2) is 4.79 Å². The van der Waals surface area contributed by atoms with E-state index in [2.05, 4.69) is 16.7 Å². The molecule has 0 aromatic heterocycles. The molecule has 0 saturated heterocycles. The molecule has 6 heteroatoms. The van der Waals surface area contributed by atoms with E-state index in [1.807, 2.05) is 0 Å². The third-order valence-electron chi connectivity index (χ3n) is 2.97. The van der Waals surface area contributed by atoms with Crippen LogP contribution in [0.4, 0.5) is 10.5 Å². The summed E-state index contributed by atoms with van der Waals surface area (Å²) in [6.45, 7) is 0.449. The first-order valence-corrected chi connectivity index (χ1v) is 7.15. The van der Waals surface area contributed by atoms with E-state index in [9.17, 15) is 4.79 Å². The molecule has 2 rings (SSSR count). The van der Waals surface area contributed by atoms with E-state index in [-0.39, 0.29) is 12.6 Å².